The van der Waals surface area contributed by atoms with E-state index in [9.17, 15) is 15.0 Å². The summed E-state index contributed by atoms with van der Waals surface area (Å²) in [6.45, 7) is 1.61. The molecule has 2 unspecified atom stereocenters. The normalized spacial score (nSPS) is 14.8. The number of aliphatic hydroxyl groups is 3. The van der Waals surface area contributed by atoms with Crippen LogP contribution in [0.5, 0.6) is 0 Å². The Morgan fingerprint density at radius 3 is 1.74 bits per heavy atom. The lowest BCUT2D eigenvalue weighted by atomic mass is 10.0. The molecule has 0 saturated heterocycles. The van der Waals surface area contributed by atoms with Crippen molar-refractivity contribution in [2.75, 3.05) is 6.61 Å². The quantitative estimate of drug-likeness (QED) is 0.259. The first-order valence-corrected chi connectivity index (χ1v) is 10.2. The number of allylic oxidation sites excluding steroid dienone is 8. The zero-order valence-corrected chi connectivity index (χ0v) is 16.8. The van der Waals surface area contributed by atoms with Crippen LogP contribution in [0, 0.1) is 0 Å². The van der Waals surface area contributed by atoms with E-state index in [2.05, 4.69) is 49.5 Å². The minimum Gasteiger partial charge on any atom is -0.394 e. The second-order valence-electron chi connectivity index (χ2n) is 6.64. The zero-order valence-electron chi connectivity index (χ0n) is 16.8. The molecular weight excluding hydrogens is 340 g/mol. The van der Waals surface area contributed by atoms with Crippen LogP contribution in [0.2, 0.25) is 0 Å². The van der Waals surface area contributed by atoms with Crippen molar-refractivity contribution in [1.29, 1.82) is 0 Å². The molecule has 0 aliphatic rings. The van der Waals surface area contributed by atoms with Gasteiger partial charge in [-0.3, -0.25) is 4.79 Å². The van der Waals surface area contributed by atoms with Gasteiger partial charge in [0.25, 0.3) is 0 Å². The van der Waals surface area contributed by atoms with Crippen LogP contribution in [0.3, 0.4) is 0 Å². The predicted molar refractivity (Wildman–Crippen MR) is 113 cm³/mol. The minimum atomic E-state index is -1.48. The van der Waals surface area contributed by atoms with Crippen molar-refractivity contribution < 1.29 is 20.1 Å². The van der Waals surface area contributed by atoms with Crippen LogP contribution < -0.4 is 0 Å². The van der Waals surface area contributed by atoms with E-state index in [0.29, 0.717) is 6.42 Å². The molecule has 0 amide bonds. The fourth-order valence-electron chi connectivity index (χ4n) is 2.42. The molecule has 0 radical (unpaired) electrons. The minimum absolute atomic E-state index is 0.205. The molecule has 0 aromatic carbocycles. The topological polar surface area (TPSA) is 77.8 Å². The van der Waals surface area contributed by atoms with Crippen molar-refractivity contribution >= 4 is 5.78 Å². The molecule has 0 spiro atoms. The van der Waals surface area contributed by atoms with Crippen LogP contribution in [0.25, 0.3) is 0 Å². The SMILES string of the molecule is CCCCC/C=C\C/C=C\C/C=C\C/C=C\CCCC(=O)C(O)C(O)CO. The van der Waals surface area contributed by atoms with E-state index in [1.165, 1.54) is 25.7 Å². The van der Waals surface area contributed by atoms with Gasteiger partial charge in [-0.25, -0.2) is 0 Å². The molecule has 0 rings (SSSR count). The summed E-state index contributed by atoms with van der Waals surface area (Å²) in [6, 6.07) is 0. The Hall–Kier alpha value is -1.49. The van der Waals surface area contributed by atoms with Crippen LogP contribution in [0.4, 0.5) is 0 Å². The van der Waals surface area contributed by atoms with Gasteiger partial charge in [-0.15, -0.1) is 0 Å². The summed E-state index contributed by atoms with van der Waals surface area (Å²) in [4.78, 5) is 11.5. The highest BCUT2D eigenvalue weighted by molar-refractivity contribution is 5.83. The van der Waals surface area contributed by atoms with Gasteiger partial charge in [0.1, 0.15) is 12.2 Å². The van der Waals surface area contributed by atoms with Gasteiger partial charge >= 0.3 is 0 Å². The van der Waals surface area contributed by atoms with E-state index in [4.69, 9.17) is 5.11 Å². The smallest absolute Gasteiger partial charge is 0.164 e. The van der Waals surface area contributed by atoms with Crippen LogP contribution in [0.1, 0.15) is 71.1 Å². The molecule has 0 saturated carbocycles. The second-order valence-corrected chi connectivity index (χ2v) is 6.64. The number of hydrogen-bond donors (Lipinski definition) is 3. The van der Waals surface area contributed by atoms with Crippen molar-refractivity contribution in [3.8, 4) is 0 Å². The molecule has 3 N–H and O–H groups in total. The van der Waals surface area contributed by atoms with Crippen LogP contribution in [-0.2, 0) is 4.79 Å². The van der Waals surface area contributed by atoms with Gasteiger partial charge in [-0.1, -0.05) is 68.4 Å². The van der Waals surface area contributed by atoms with E-state index in [1.54, 1.807) is 0 Å². The first-order chi connectivity index (χ1) is 13.1. The van der Waals surface area contributed by atoms with Gasteiger partial charge in [0.05, 0.1) is 6.61 Å². The number of carbonyl (C=O) groups excluding carboxylic acids is 1. The molecule has 0 aromatic heterocycles. The second kappa shape index (κ2) is 19.3. The Morgan fingerprint density at radius 2 is 1.26 bits per heavy atom. The Balaban J connectivity index is 3.60. The first-order valence-electron chi connectivity index (χ1n) is 10.2. The number of ketones is 1. The first kappa shape index (κ1) is 25.5. The summed E-state index contributed by atoms with van der Waals surface area (Å²) in [5, 5.41) is 27.3. The molecule has 4 heteroatoms. The number of hydrogen-bond acceptors (Lipinski definition) is 4. The van der Waals surface area contributed by atoms with E-state index in [-0.39, 0.29) is 6.42 Å². The highest BCUT2D eigenvalue weighted by atomic mass is 16.4. The lowest BCUT2D eigenvalue weighted by Gasteiger charge is -2.13. The average Bonchev–Trinajstić information content (AvgIpc) is 2.68. The molecule has 4 nitrogen and oxygen atoms in total. The van der Waals surface area contributed by atoms with E-state index >= 15 is 0 Å². The maximum absolute atomic E-state index is 11.5. The monoisotopic (exact) mass is 378 g/mol. The third-order valence-electron chi connectivity index (χ3n) is 4.13. The third kappa shape index (κ3) is 16.4. The van der Waals surface area contributed by atoms with Crippen LogP contribution >= 0.6 is 0 Å². The van der Waals surface area contributed by atoms with Crippen LogP contribution in [-0.4, -0.2) is 39.9 Å². The molecule has 154 valence electrons. The summed E-state index contributed by atoms with van der Waals surface area (Å²) in [7, 11) is 0. The van der Waals surface area contributed by atoms with Crippen molar-refractivity contribution in [2.24, 2.45) is 0 Å². The molecule has 27 heavy (non-hydrogen) atoms. The summed E-state index contributed by atoms with van der Waals surface area (Å²) < 4.78 is 0. The summed E-state index contributed by atoms with van der Waals surface area (Å²) in [5.74, 6) is -0.424. The number of rotatable bonds is 17. The maximum Gasteiger partial charge on any atom is 0.164 e. The number of Topliss-reactive ketones (excluding diaryl/α,β-unsaturated/α-hetero) is 1. The van der Waals surface area contributed by atoms with Crippen molar-refractivity contribution in [2.45, 2.75) is 83.3 Å². The van der Waals surface area contributed by atoms with E-state index in [1.807, 2.05) is 6.08 Å². The Labute approximate surface area is 165 Å². The Kier molecular flexibility index (Phi) is 18.2. The number of aliphatic hydroxyl groups excluding tert-OH is 3. The van der Waals surface area contributed by atoms with Crippen molar-refractivity contribution in [3.05, 3.63) is 48.6 Å². The van der Waals surface area contributed by atoms with Gasteiger partial charge in [-0.05, 0) is 44.9 Å². The molecule has 0 aliphatic carbocycles. The Bertz CT molecular complexity index is 463. The molecule has 2 atom stereocenters. The van der Waals surface area contributed by atoms with E-state index in [0.717, 1.165) is 25.7 Å². The van der Waals surface area contributed by atoms with E-state index < -0.39 is 24.6 Å². The Morgan fingerprint density at radius 1 is 0.778 bits per heavy atom. The molecule has 0 fully saturated rings. The zero-order chi connectivity index (χ0) is 20.2. The molecule has 0 aliphatic heterocycles. The van der Waals surface area contributed by atoms with Gasteiger partial charge < -0.3 is 15.3 Å². The van der Waals surface area contributed by atoms with Gasteiger partial charge in [0, 0.05) is 6.42 Å². The standard InChI is InChI=1S/C23H38O4/c1-2-3-4-5-6-7-8-9-10-11-12-13-14-15-16-17-18-19-21(25)23(27)22(26)20-24/h6-7,9-10,12-13,15-16,22-24,26-27H,2-5,8,11,14,17-20H2,1H3/b7-6-,10-9-,13-12-,16-15-. The molecular formula is C23H38O4. The summed E-state index contributed by atoms with van der Waals surface area (Å²) in [5.41, 5.74) is 0. The molecule has 0 bridgehead atoms. The summed E-state index contributed by atoms with van der Waals surface area (Å²) in [6.07, 6.45) is 23.8. The summed E-state index contributed by atoms with van der Waals surface area (Å²) >= 11 is 0. The van der Waals surface area contributed by atoms with Crippen molar-refractivity contribution in [1.82, 2.24) is 0 Å². The predicted octanol–water partition coefficient (Wildman–Crippen LogP) is 4.42. The lowest BCUT2D eigenvalue weighted by Crippen LogP contribution is -2.36. The van der Waals surface area contributed by atoms with Gasteiger partial charge in [0.2, 0.25) is 0 Å². The highest BCUT2D eigenvalue weighted by Crippen LogP contribution is 2.05. The van der Waals surface area contributed by atoms with Gasteiger partial charge in [0.15, 0.2) is 5.78 Å². The van der Waals surface area contributed by atoms with Crippen LogP contribution in [0.15, 0.2) is 48.6 Å². The maximum atomic E-state index is 11.5. The number of unbranched alkanes of at least 4 members (excludes halogenated alkanes) is 4. The highest BCUT2D eigenvalue weighted by Gasteiger charge is 2.22. The lowest BCUT2D eigenvalue weighted by molar-refractivity contribution is -0.134. The van der Waals surface area contributed by atoms with Crippen molar-refractivity contribution in [3.63, 3.8) is 0 Å². The third-order valence-corrected chi connectivity index (χ3v) is 4.13. The fourth-order valence-corrected chi connectivity index (χ4v) is 2.42. The number of carbonyl (C=O) groups is 1. The average molecular weight is 379 g/mol. The largest absolute Gasteiger partial charge is 0.394 e. The fraction of sp³-hybridized carbons (Fsp3) is 0.609. The van der Waals surface area contributed by atoms with Gasteiger partial charge in [-0.2, -0.15) is 0 Å². The molecule has 0 aromatic rings. The molecule has 0 heterocycles.